The summed E-state index contributed by atoms with van der Waals surface area (Å²) in [7, 11) is 0. The van der Waals surface area contributed by atoms with Gasteiger partial charge < -0.3 is 25.2 Å². The summed E-state index contributed by atoms with van der Waals surface area (Å²) < 4.78 is 69.7. The van der Waals surface area contributed by atoms with Gasteiger partial charge in [-0.05, 0) is 50.3 Å². The van der Waals surface area contributed by atoms with Crippen molar-refractivity contribution in [3.8, 4) is 6.07 Å². The summed E-state index contributed by atoms with van der Waals surface area (Å²) in [6, 6.07) is 7.91. The molecule has 0 amide bonds. The molecule has 2 unspecified atom stereocenters. The lowest BCUT2D eigenvalue weighted by Crippen LogP contribution is -2.48. The van der Waals surface area contributed by atoms with Crippen molar-refractivity contribution in [2.24, 2.45) is 5.92 Å². The minimum Gasteiger partial charge on any atom is -0.475 e. The second-order valence-corrected chi connectivity index (χ2v) is 8.95. The van der Waals surface area contributed by atoms with E-state index in [1.807, 2.05) is 12.1 Å². The largest absolute Gasteiger partial charge is 0.490 e. The molecule has 1 aromatic heterocycles. The monoisotopic (exact) mass is 540 g/mol. The summed E-state index contributed by atoms with van der Waals surface area (Å²) >= 11 is 0. The number of nitriles is 1. The third-order valence-electron chi connectivity index (χ3n) is 5.74. The smallest absolute Gasteiger partial charge is 0.475 e. The van der Waals surface area contributed by atoms with Crippen molar-refractivity contribution >= 4 is 17.8 Å². The second-order valence-electron chi connectivity index (χ2n) is 8.95. The highest BCUT2D eigenvalue weighted by molar-refractivity contribution is 5.73. The van der Waals surface area contributed by atoms with Crippen molar-refractivity contribution in [2.45, 2.75) is 56.1 Å². The quantitative estimate of drug-likeness (QED) is 0.489. The predicted molar refractivity (Wildman–Crippen MR) is 115 cm³/mol. The van der Waals surface area contributed by atoms with Crippen LogP contribution >= 0.6 is 0 Å². The van der Waals surface area contributed by atoms with Gasteiger partial charge in [0.1, 0.15) is 17.6 Å². The van der Waals surface area contributed by atoms with Crippen molar-refractivity contribution in [3.63, 3.8) is 0 Å². The molecule has 3 aliphatic rings. The lowest BCUT2D eigenvalue weighted by Gasteiger charge is -2.39. The van der Waals surface area contributed by atoms with Gasteiger partial charge >= 0.3 is 24.3 Å². The number of carboxylic acid groups (broad SMARTS) is 2. The van der Waals surface area contributed by atoms with Crippen molar-refractivity contribution in [2.75, 3.05) is 31.6 Å². The van der Waals surface area contributed by atoms with E-state index in [4.69, 9.17) is 29.8 Å². The molecule has 0 radical (unpaired) electrons. The van der Waals surface area contributed by atoms with Crippen LogP contribution in [-0.2, 0) is 14.3 Å². The SMILES string of the molecule is N#Cc1cccc(NC2COC3(CCCN(CC4CC4)C3)C2)n1.O=C(O)C(F)(F)F.O=C(O)C(F)(F)F. The fraction of sp³-hybridized carbons (Fsp3) is 0.636. The summed E-state index contributed by atoms with van der Waals surface area (Å²) in [5.74, 6) is -3.79. The number of pyridine rings is 1. The maximum atomic E-state index is 10.6. The number of carbonyl (C=O) groups is 2. The first-order valence-electron chi connectivity index (χ1n) is 11.2. The Kier molecular flexibility index (Phi) is 10.1. The van der Waals surface area contributed by atoms with E-state index in [2.05, 4.69) is 21.3 Å². The van der Waals surface area contributed by atoms with E-state index in [1.54, 1.807) is 6.07 Å². The number of carboxylic acids is 2. The van der Waals surface area contributed by atoms with Crippen LogP contribution in [0.4, 0.5) is 32.2 Å². The number of hydrogen-bond donors (Lipinski definition) is 3. The Morgan fingerprint density at radius 2 is 1.76 bits per heavy atom. The fourth-order valence-corrected chi connectivity index (χ4v) is 4.02. The van der Waals surface area contributed by atoms with Gasteiger partial charge in [0.15, 0.2) is 0 Å². The fourth-order valence-electron chi connectivity index (χ4n) is 4.02. The minimum absolute atomic E-state index is 0.0254. The van der Waals surface area contributed by atoms with Gasteiger partial charge in [-0.2, -0.15) is 31.6 Å². The zero-order chi connectivity index (χ0) is 27.9. The van der Waals surface area contributed by atoms with Gasteiger partial charge in [0.2, 0.25) is 0 Å². The molecule has 1 aromatic rings. The van der Waals surface area contributed by atoms with Crippen LogP contribution < -0.4 is 5.32 Å². The third-order valence-corrected chi connectivity index (χ3v) is 5.74. The van der Waals surface area contributed by atoms with Gasteiger partial charge in [0, 0.05) is 19.5 Å². The first-order chi connectivity index (χ1) is 17.1. The maximum absolute atomic E-state index is 10.6. The molecule has 9 nitrogen and oxygen atoms in total. The molecule has 3 heterocycles. The summed E-state index contributed by atoms with van der Waals surface area (Å²) in [5.41, 5.74) is 0.481. The summed E-state index contributed by atoms with van der Waals surface area (Å²) in [5, 5.41) is 26.7. The molecule has 3 N–H and O–H groups in total. The number of aliphatic carboxylic acids is 2. The molecule has 2 aliphatic heterocycles. The maximum Gasteiger partial charge on any atom is 0.490 e. The molecular formula is C22H26F6N4O5. The molecule has 3 fully saturated rings. The number of ether oxygens (including phenoxy) is 1. The Morgan fingerprint density at radius 1 is 1.16 bits per heavy atom. The van der Waals surface area contributed by atoms with Crippen LogP contribution in [0, 0.1) is 17.2 Å². The number of hydrogen-bond acceptors (Lipinski definition) is 7. The molecule has 206 valence electrons. The van der Waals surface area contributed by atoms with Crippen LogP contribution in [0.5, 0.6) is 0 Å². The van der Waals surface area contributed by atoms with Crippen LogP contribution in [0.1, 0.15) is 37.8 Å². The number of piperidine rings is 1. The standard InChI is InChI=1S/C18H24N4O.2C2HF3O2/c19-10-15-3-1-4-17(20-15)21-16-9-18(23-12-16)7-2-8-22(13-18)11-14-5-6-14;2*3-2(4,5)1(6)7/h1,3-4,14,16H,2,5-9,11-13H2,(H,20,21);2*(H,6,7). The van der Waals surface area contributed by atoms with Crippen molar-refractivity contribution in [1.82, 2.24) is 9.88 Å². The molecule has 2 saturated heterocycles. The topological polar surface area (TPSA) is 136 Å². The van der Waals surface area contributed by atoms with Crippen LogP contribution in [-0.4, -0.2) is 82.3 Å². The van der Waals surface area contributed by atoms with Crippen LogP contribution in [0.25, 0.3) is 0 Å². The highest BCUT2D eigenvalue weighted by atomic mass is 19.4. The number of halogens is 6. The Hall–Kier alpha value is -3.12. The second kappa shape index (κ2) is 12.4. The Bertz CT molecular complexity index is 956. The van der Waals surface area contributed by atoms with Crippen LogP contribution in [0.2, 0.25) is 0 Å². The Morgan fingerprint density at radius 3 is 2.27 bits per heavy atom. The van der Waals surface area contributed by atoms with E-state index in [0.717, 1.165) is 37.7 Å². The van der Waals surface area contributed by atoms with Gasteiger partial charge in [0.05, 0.1) is 18.2 Å². The van der Waals surface area contributed by atoms with E-state index >= 15 is 0 Å². The van der Waals surface area contributed by atoms with E-state index in [9.17, 15) is 26.3 Å². The summed E-state index contributed by atoms with van der Waals surface area (Å²) in [6.07, 6.45) is -3.91. The van der Waals surface area contributed by atoms with Gasteiger partial charge in [-0.1, -0.05) is 6.07 Å². The number of alkyl halides is 6. The van der Waals surface area contributed by atoms with Gasteiger partial charge in [-0.3, -0.25) is 0 Å². The number of nitrogens with one attached hydrogen (secondary N) is 1. The molecule has 0 aromatic carbocycles. The number of nitrogens with zero attached hydrogens (tertiary/aromatic N) is 3. The van der Waals surface area contributed by atoms with Crippen molar-refractivity contribution in [1.29, 1.82) is 5.26 Å². The van der Waals surface area contributed by atoms with E-state index in [-0.39, 0.29) is 11.6 Å². The predicted octanol–water partition coefficient (Wildman–Crippen LogP) is 3.67. The number of aromatic nitrogens is 1. The van der Waals surface area contributed by atoms with Crippen molar-refractivity contribution < 1.29 is 50.9 Å². The Labute approximate surface area is 208 Å². The Balaban J connectivity index is 0.000000286. The number of anilines is 1. The van der Waals surface area contributed by atoms with E-state index in [0.29, 0.717) is 5.69 Å². The van der Waals surface area contributed by atoms with Gasteiger partial charge in [-0.25, -0.2) is 14.6 Å². The summed E-state index contributed by atoms with van der Waals surface area (Å²) in [6.45, 7) is 4.30. The van der Waals surface area contributed by atoms with Crippen LogP contribution in [0.3, 0.4) is 0 Å². The molecule has 1 aliphatic carbocycles. The van der Waals surface area contributed by atoms with Crippen molar-refractivity contribution in [3.05, 3.63) is 23.9 Å². The minimum atomic E-state index is -5.08. The summed E-state index contributed by atoms with van der Waals surface area (Å²) in [4.78, 5) is 24.7. The normalized spacial score (nSPS) is 23.6. The van der Waals surface area contributed by atoms with Gasteiger partial charge in [0.25, 0.3) is 0 Å². The highest BCUT2D eigenvalue weighted by Crippen LogP contribution is 2.38. The van der Waals surface area contributed by atoms with E-state index in [1.165, 1.54) is 32.4 Å². The molecule has 2 atom stereocenters. The average Bonchev–Trinajstić information content (AvgIpc) is 3.54. The average molecular weight is 540 g/mol. The molecule has 37 heavy (non-hydrogen) atoms. The molecular weight excluding hydrogens is 514 g/mol. The lowest BCUT2D eigenvalue weighted by atomic mass is 9.88. The highest BCUT2D eigenvalue weighted by Gasteiger charge is 2.44. The number of likely N-dealkylation sites (tertiary alicyclic amines) is 1. The molecule has 1 saturated carbocycles. The first kappa shape index (κ1) is 30.1. The van der Waals surface area contributed by atoms with Gasteiger partial charge in [-0.15, -0.1) is 0 Å². The zero-order valence-electron chi connectivity index (χ0n) is 19.5. The molecule has 15 heteroatoms. The molecule has 1 spiro atoms. The zero-order valence-corrected chi connectivity index (χ0v) is 19.5. The first-order valence-corrected chi connectivity index (χ1v) is 11.2. The molecule has 0 bridgehead atoms. The van der Waals surface area contributed by atoms with Crippen LogP contribution in [0.15, 0.2) is 18.2 Å². The third kappa shape index (κ3) is 10.4. The van der Waals surface area contributed by atoms with E-state index < -0.39 is 24.3 Å². The lowest BCUT2D eigenvalue weighted by molar-refractivity contribution is -0.193. The number of rotatable bonds is 4. The molecule has 4 rings (SSSR count).